The molecule has 0 fully saturated rings. The van der Waals surface area contributed by atoms with Crippen LogP contribution in [0.4, 0.5) is 0 Å². The fourth-order valence-corrected chi connectivity index (χ4v) is 3.46. The summed E-state index contributed by atoms with van der Waals surface area (Å²) in [6.07, 6.45) is -0.270. The molecule has 29 heavy (non-hydrogen) atoms. The summed E-state index contributed by atoms with van der Waals surface area (Å²) in [7, 11) is 5.20. The average Bonchev–Trinajstić information content (AvgIpc) is 3.12. The van der Waals surface area contributed by atoms with E-state index >= 15 is 0 Å². The third-order valence-corrected chi connectivity index (χ3v) is 5.23. The minimum Gasteiger partial charge on any atom is -0.497 e. The zero-order valence-electron chi connectivity index (χ0n) is 17.0. The smallest absolute Gasteiger partial charge is 0.191 e. The fourth-order valence-electron chi connectivity index (χ4n) is 2.73. The lowest BCUT2D eigenvalue weighted by molar-refractivity contribution is 0.202. The average molecular weight is 416 g/mol. The first-order valence-corrected chi connectivity index (χ1v) is 10.2. The lowest BCUT2D eigenvalue weighted by Gasteiger charge is -2.16. The van der Waals surface area contributed by atoms with E-state index in [1.54, 1.807) is 26.0 Å². The minimum atomic E-state index is -0.270. The van der Waals surface area contributed by atoms with Gasteiger partial charge in [0, 0.05) is 12.8 Å². The second-order valence-corrected chi connectivity index (χ2v) is 7.25. The number of nitrogens with zero attached hydrogens (tertiary/aromatic N) is 3. The van der Waals surface area contributed by atoms with E-state index in [2.05, 4.69) is 10.2 Å². The largest absolute Gasteiger partial charge is 0.497 e. The fraction of sp³-hybridized carbons (Fsp3) is 0.333. The van der Waals surface area contributed by atoms with Crippen LogP contribution in [0.2, 0.25) is 0 Å². The molecule has 0 bridgehead atoms. The summed E-state index contributed by atoms with van der Waals surface area (Å²) < 4.78 is 24.2. The molecule has 0 saturated heterocycles. The Kier molecular flexibility index (Phi) is 7.24. The number of rotatable bonds is 10. The van der Waals surface area contributed by atoms with Crippen LogP contribution in [0.25, 0.3) is 0 Å². The van der Waals surface area contributed by atoms with Crippen LogP contribution in [-0.4, -0.2) is 41.3 Å². The van der Waals surface area contributed by atoms with Crippen molar-refractivity contribution in [3.63, 3.8) is 0 Å². The summed E-state index contributed by atoms with van der Waals surface area (Å²) in [6.45, 7) is 2.50. The first-order valence-electron chi connectivity index (χ1n) is 9.21. The Morgan fingerprint density at radius 1 is 0.931 bits per heavy atom. The number of hydrogen-bond acceptors (Lipinski definition) is 7. The Hall–Kier alpha value is -2.87. The maximum Gasteiger partial charge on any atom is 0.191 e. The van der Waals surface area contributed by atoms with Crippen LogP contribution < -0.4 is 18.9 Å². The van der Waals surface area contributed by atoms with Gasteiger partial charge in [-0.05, 0) is 43.3 Å². The van der Waals surface area contributed by atoms with Gasteiger partial charge in [0.25, 0.3) is 0 Å². The molecule has 1 aromatic heterocycles. The van der Waals surface area contributed by atoms with Crippen molar-refractivity contribution in [1.82, 2.24) is 14.8 Å². The highest BCUT2D eigenvalue weighted by atomic mass is 32.2. The number of thioether (sulfide) groups is 1. The van der Waals surface area contributed by atoms with Gasteiger partial charge in [-0.1, -0.05) is 23.9 Å². The zero-order valence-corrected chi connectivity index (χ0v) is 17.8. The van der Waals surface area contributed by atoms with Crippen molar-refractivity contribution in [2.45, 2.75) is 18.2 Å². The number of benzene rings is 2. The normalized spacial score (nSPS) is 11.7. The number of ether oxygens (including phenoxy) is 4. The summed E-state index contributed by atoms with van der Waals surface area (Å²) >= 11 is 1.59. The summed E-state index contributed by atoms with van der Waals surface area (Å²) in [5.74, 6) is 4.47. The van der Waals surface area contributed by atoms with E-state index in [1.807, 2.05) is 67.1 Å². The summed E-state index contributed by atoms with van der Waals surface area (Å²) in [5.41, 5.74) is 0. The van der Waals surface area contributed by atoms with Gasteiger partial charge in [0.1, 0.15) is 11.5 Å². The highest BCUT2D eigenvalue weighted by molar-refractivity contribution is 7.99. The van der Waals surface area contributed by atoms with Crippen LogP contribution in [0.3, 0.4) is 0 Å². The quantitative estimate of drug-likeness (QED) is 0.364. The summed E-state index contributed by atoms with van der Waals surface area (Å²) in [4.78, 5) is 0. The van der Waals surface area contributed by atoms with Crippen LogP contribution in [0.1, 0.15) is 18.9 Å². The number of methoxy groups -OCH3 is 2. The van der Waals surface area contributed by atoms with Crippen LogP contribution >= 0.6 is 11.8 Å². The molecule has 7 nitrogen and oxygen atoms in total. The third kappa shape index (κ3) is 5.35. The molecule has 0 spiro atoms. The predicted octanol–water partition coefficient (Wildman–Crippen LogP) is 4.14. The van der Waals surface area contributed by atoms with Crippen LogP contribution in [0.5, 0.6) is 23.0 Å². The first-order chi connectivity index (χ1) is 14.1. The van der Waals surface area contributed by atoms with E-state index in [-0.39, 0.29) is 6.10 Å². The van der Waals surface area contributed by atoms with Crippen LogP contribution in [-0.2, 0) is 7.05 Å². The molecule has 1 heterocycles. The van der Waals surface area contributed by atoms with Crippen LogP contribution in [0.15, 0.2) is 53.7 Å². The zero-order chi connectivity index (χ0) is 20.6. The van der Waals surface area contributed by atoms with Crippen molar-refractivity contribution in [1.29, 1.82) is 0 Å². The second kappa shape index (κ2) is 10.1. The maximum absolute atomic E-state index is 6.03. The molecule has 8 heteroatoms. The lowest BCUT2D eigenvalue weighted by atomic mass is 10.3. The van der Waals surface area contributed by atoms with Gasteiger partial charge >= 0.3 is 0 Å². The second-order valence-electron chi connectivity index (χ2n) is 6.18. The standard InChI is InChI=1S/C21H25N3O4S/c1-15(28-19-8-6-5-7-18(19)26-4)20-22-23-21(24(20)2)29-14-13-27-17-11-9-16(25-3)10-12-17/h5-12,15H,13-14H2,1-4H3. The Morgan fingerprint density at radius 2 is 1.62 bits per heavy atom. The van der Waals surface area contributed by atoms with Gasteiger partial charge in [-0.2, -0.15) is 0 Å². The van der Waals surface area contributed by atoms with Gasteiger partial charge in [-0.25, -0.2) is 0 Å². The Morgan fingerprint density at radius 3 is 2.31 bits per heavy atom. The Labute approximate surface area is 175 Å². The van der Waals surface area contributed by atoms with Crippen molar-refractivity contribution in [3.05, 3.63) is 54.4 Å². The minimum absolute atomic E-state index is 0.270. The van der Waals surface area contributed by atoms with Gasteiger partial charge in [0.05, 0.1) is 20.8 Å². The summed E-state index contributed by atoms with van der Waals surface area (Å²) in [5, 5.41) is 9.39. The molecular formula is C21H25N3O4S. The van der Waals surface area contributed by atoms with Crippen molar-refractivity contribution in [3.8, 4) is 23.0 Å². The molecule has 3 rings (SSSR count). The maximum atomic E-state index is 6.03. The molecule has 1 unspecified atom stereocenters. The van der Waals surface area contributed by atoms with Gasteiger partial charge < -0.3 is 23.5 Å². The number of para-hydroxylation sites is 2. The molecule has 1 atom stereocenters. The molecule has 0 aliphatic heterocycles. The molecule has 0 aliphatic rings. The Balaban J connectivity index is 1.53. The van der Waals surface area contributed by atoms with Crippen molar-refractivity contribution >= 4 is 11.8 Å². The van der Waals surface area contributed by atoms with E-state index in [0.29, 0.717) is 18.1 Å². The molecule has 0 saturated carbocycles. The first kappa shape index (κ1) is 20.9. The van der Waals surface area contributed by atoms with Gasteiger partial charge in [-0.3, -0.25) is 0 Å². The predicted molar refractivity (Wildman–Crippen MR) is 112 cm³/mol. The summed E-state index contributed by atoms with van der Waals surface area (Å²) in [6, 6.07) is 15.1. The van der Waals surface area contributed by atoms with E-state index in [0.717, 1.165) is 28.2 Å². The van der Waals surface area contributed by atoms with E-state index < -0.39 is 0 Å². The topological polar surface area (TPSA) is 67.6 Å². The molecule has 0 aliphatic carbocycles. The van der Waals surface area contributed by atoms with Crippen LogP contribution in [0, 0.1) is 0 Å². The van der Waals surface area contributed by atoms with Gasteiger partial charge in [0.2, 0.25) is 0 Å². The lowest BCUT2D eigenvalue weighted by Crippen LogP contribution is -2.10. The number of hydrogen-bond donors (Lipinski definition) is 0. The molecular weight excluding hydrogens is 390 g/mol. The van der Waals surface area contributed by atoms with Crippen molar-refractivity contribution in [2.75, 3.05) is 26.6 Å². The number of aromatic nitrogens is 3. The van der Waals surface area contributed by atoms with Gasteiger partial charge in [0.15, 0.2) is 28.6 Å². The highest BCUT2D eigenvalue weighted by Gasteiger charge is 2.18. The van der Waals surface area contributed by atoms with Crippen molar-refractivity contribution in [2.24, 2.45) is 7.05 Å². The highest BCUT2D eigenvalue weighted by Crippen LogP contribution is 2.30. The Bertz CT molecular complexity index is 915. The molecule has 3 aromatic rings. The molecule has 0 radical (unpaired) electrons. The van der Waals surface area contributed by atoms with E-state index in [4.69, 9.17) is 18.9 Å². The van der Waals surface area contributed by atoms with E-state index in [1.165, 1.54) is 0 Å². The molecule has 0 amide bonds. The SMILES string of the molecule is COc1ccc(OCCSc2nnc(C(C)Oc3ccccc3OC)n2C)cc1. The van der Waals surface area contributed by atoms with E-state index in [9.17, 15) is 0 Å². The molecule has 2 aromatic carbocycles. The van der Waals surface area contributed by atoms with Gasteiger partial charge in [-0.15, -0.1) is 10.2 Å². The molecule has 154 valence electrons. The molecule has 0 N–H and O–H groups in total. The third-order valence-electron chi connectivity index (χ3n) is 4.25. The monoisotopic (exact) mass is 415 g/mol. The van der Waals surface area contributed by atoms with Crippen molar-refractivity contribution < 1.29 is 18.9 Å².